The Morgan fingerprint density at radius 3 is 2.46 bits per heavy atom. The first kappa shape index (κ1) is 17.9. The summed E-state index contributed by atoms with van der Waals surface area (Å²) in [6.07, 6.45) is 4.65. The molecule has 0 atom stereocenters. The topological polar surface area (TPSA) is 49.4 Å². The van der Waals surface area contributed by atoms with Crippen LogP contribution in [0.4, 0.5) is 5.69 Å². The molecule has 4 heteroatoms. The standard InChI is InChI=1S/C22H24N2O2/c1-2-18(15-17-9-4-3-5-10-17)21(25)23-20-12-8-11-19(16-20)22(26)24-13-6-7-14-24/h3-5,8-12,15-16H,2,6-7,13-14H2,1H3,(H,23,25)/b18-15+. The van der Waals surface area contributed by atoms with Gasteiger partial charge in [-0.2, -0.15) is 0 Å². The van der Waals surface area contributed by atoms with Crippen LogP contribution in [0.5, 0.6) is 0 Å². The molecule has 3 rings (SSSR count). The van der Waals surface area contributed by atoms with Gasteiger partial charge in [-0.05, 0) is 49.1 Å². The highest BCUT2D eigenvalue weighted by Gasteiger charge is 2.19. The Kier molecular flexibility index (Phi) is 5.84. The predicted molar refractivity (Wildman–Crippen MR) is 105 cm³/mol. The number of amides is 2. The number of benzene rings is 2. The summed E-state index contributed by atoms with van der Waals surface area (Å²) in [4.78, 5) is 27.0. The first-order chi connectivity index (χ1) is 12.7. The molecule has 1 fully saturated rings. The maximum absolute atomic E-state index is 12.6. The maximum Gasteiger partial charge on any atom is 0.253 e. The van der Waals surface area contributed by atoms with Gasteiger partial charge in [-0.3, -0.25) is 9.59 Å². The number of nitrogens with zero attached hydrogens (tertiary/aromatic N) is 1. The molecular weight excluding hydrogens is 324 g/mol. The van der Waals surface area contributed by atoms with Gasteiger partial charge in [0.2, 0.25) is 0 Å². The lowest BCUT2D eigenvalue weighted by Crippen LogP contribution is -2.27. The minimum Gasteiger partial charge on any atom is -0.339 e. The lowest BCUT2D eigenvalue weighted by atomic mass is 10.1. The molecule has 2 aromatic rings. The molecular formula is C22H24N2O2. The monoisotopic (exact) mass is 348 g/mol. The Bertz CT molecular complexity index is 806. The van der Waals surface area contributed by atoms with Crippen molar-refractivity contribution in [2.45, 2.75) is 26.2 Å². The van der Waals surface area contributed by atoms with E-state index in [0.29, 0.717) is 23.2 Å². The Morgan fingerprint density at radius 2 is 1.77 bits per heavy atom. The summed E-state index contributed by atoms with van der Waals surface area (Å²) in [5.74, 6) is -0.101. The first-order valence-corrected chi connectivity index (χ1v) is 9.13. The van der Waals surface area contributed by atoms with Crippen molar-refractivity contribution in [1.29, 1.82) is 0 Å². The van der Waals surface area contributed by atoms with E-state index in [1.165, 1.54) is 0 Å². The van der Waals surface area contributed by atoms with Gasteiger partial charge in [0.25, 0.3) is 11.8 Å². The molecule has 26 heavy (non-hydrogen) atoms. The fourth-order valence-corrected chi connectivity index (χ4v) is 3.12. The molecule has 1 aliphatic heterocycles. The molecule has 0 saturated carbocycles. The van der Waals surface area contributed by atoms with Crippen LogP contribution < -0.4 is 5.32 Å². The Hall–Kier alpha value is -2.88. The molecule has 0 bridgehead atoms. The van der Waals surface area contributed by atoms with Crippen molar-refractivity contribution in [2.24, 2.45) is 0 Å². The van der Waals surface area contributed by atoms with Crippen molar-refractivity contribution in [2.75, 3.05) is 18.4 Å². The molecule has 134 valence electrons. The lowest BCUT2D eigenvalue weighted by molar-refractivity contribution is -0.112. The molecule has 0 aliphatic carbocycles. The maximum atomic E-state index is 12.6. The number of likely N-dealkylation sites (tertiary alicyclic amines) is 1. The van der Waals surface area contributed by atoms with E-state index in [-0.39, 0.29) is 11.8 Å². The average molecular weight is 348 g/mol. The molecule has 1 N–H and O–H groups in total. The smallest absolute Gasteiger partial charge is 0.253 e. The minimum atomic E-state index is -0.137. The second-order valence-corrected chi connectivity index (χ2v) is 6.47. The molecule has 2 amide bonds. The zero-order chi connectivity index (χ0) is 18.4. The number of anilines is 1. The summed E-state index contributed by atoms with van der Waals surface area (Å²) in [5, 5.41) is 2.92. The molecule has 0 unspecified atom stereocenters. The minimum absolute atomic E-state index is 0.0362. The van der Waals surface area contributed by atoms with Crippen LogP contribution in [0.15, 0.2) is 60.2 Å². The van der Waals surface area contributed by atoms with Crippen molar-refractivity contribution in [3.8, 4) is 0 Å². The van der Waals surface area contributed by atoms with Crippen molar-refractivity contribution in [1.82, 2.24) is 4.90 Å². The van der Waals surface area contributed by atoms with E-state index in [9.17, 15) is 9.59 Å². The van der Waals surface area contributed by atoms with Gasteiger partial charge >= 0.3 is 0 Å². The number of rotatable bonds is 5. The van der Waals surface area contributed by atoms with Gasteiger partial charge in [0.05, 0.1) is 0 Å². The van der Waals surface area contributed by atoms with Crippen LogP contribution in [-0.2, 0) is 4.79 Å². The van der Waals surface area contributed by atoms with Crippen LogP contribution in [0.1, 0.15) is 42.1 Å². The van der Waals surface area contributed by atoms with Crippen molar-refractivity contribution in [3.05, 3.63) is 71.3 Å². The van der Waals surface area contributed by atoms with E-state index in [2.05, 4.69) is 5.32 Å². The summed E-state index contributed by atoms with van der Waals surface area (Å²) in [6, 6.07) is 17.0. The Morgan fingerprint density at radius 1 is 1.04 bits per heavy atom. The summed E-state index contributed by atoms with van der Waals surface area (Å²) < 4.78 is 0. The number of carbonyl (C=O) groups excluding carboxylic acids is 2. The number of hydrogen-bond acceptors (Lipinski definition) is 2. The molecule has 4 nitrogen and oxygen atoms in total. The summed E-state index contributed by atoms with van der Waals surface area (Å²) in [5.41, 5.74) is 2.96. The fraction of sp³-hybridized carbons (Fsp3) is 0.273. The van der Waals surface area contributed by atoms with Gasteiger partial charge in [-0.15, -0.1) is 0 Å². The Balaban J connectivity index is 1.73. The summed E-state index contributed by atoms with van der Waals surface area (Å²) in [6.45, 7) is 3.59. The van der Waals surface area contributed by atoms with E-state index in [4.69, 9.17) is 0 Å². The molecule has 1 aliphatic rings. The van der Waals surface area contributed by atoms with Crippen LogP contribution in [0.2, 0.25) is 0 Å². The zero-order valence-corrected chi connectivity index (χ0v) is 15.1. The van der Waals surface area contributed by atoms with Gasteiger partial charge in [0.15, 0.2) is 0 Å². The first-order valence-electron chi connectivity index (χ1n) is 9.13. The number of hydrogen-bond donors (Lipinski definition) is 1. The summed E-state index contributed by atoms with van der Waals surface area (Å²) in [7, 11) is 0. The van der Waals surface area contributed by atoms with E-state index in [0.717, 1.165) is 31.5 Å². The molecule has 0 spiro atoms. The third kappa shape index (κ3) is 4.39. The zero-order valence-electron chi connectivity index (χ0n) is 15.1. The van der Waals surface area contributed by atoms with Gasteiger partial charge in [0.1, 0.15) is 0 Å². The van der Waals surface area contributed by atoms with Crippen LogP contribution in [0, 0.1) is 0 Å². The fourth-order valence-electron chi connectivity index (χ4n) is 3.12. The third-order valence-electron chi connectivity index (χ3n) is 4.57. The Labute approximate surface area is 154 Å². The second-order valence-electron chi connectivity index (χ2n) is 6.47. The average Bonchev–Trinajstić information content (AvgIpc) is 3.21. The van der Waals surface area contributed by atoms with E-state index < -0.39 is 0 Å². The van der Waals surface area contributed by atoms with Crippen molar-refractivity contribution in [3.63, 3.8) is 0 Å². The van der Waals surface area contributed by atoms with Crippen LogP contribution in [0.3, 0.4) is 0 Å². The van der Waals surface area contributed by atoms with Crippen LogP contribution in [-0.4, -0.2) is 29.8 Å². The largest absolute Gasteiger partial charge is 0.339 e. The quantitative estimate of drug-likeness (QED) is 0.817. The number of carbonyl (C=O) groups is 2. The normalized spacial score (nSPS) is 14.3. The van der Waals surface area contributed by atoms with E-state index in [1.807, 2.05) is 60.4 Å². The molecule has 1 saturated heterocycles. The van der Waals surface area contributed by atoms with Crippen LogP contribution in [0.25, 0.3) is 6.08 Å². The van der Waals surface area contributed by atoms with Crippen molar-refractivity contribution >= 4 is 23.6 Å². The van der Waals surface area contributed by atoms with Gasteiger partial charge in [-0.1, -0.05) is 43.3 Å². The molecule has 1 heterocycles. The molecule has 0 radical (unpaired) electrons. The SMILES string of the molecule is CC/C(=C\c1ccccc1)C(=O)Nc1cccc(C(=O)N2CCCC2)c1. The van der Waals surface area contributed by atoms with Crippen molar-refractivity contribution < 1.29 is 9.59 Å². The van der Waals surface area contributed by atoms with E-state index in [1.54, 1.807) is 12.1 Å². The highest BCUT2D eigenvalue weighted by molar-refractivity contribution is 6.07. The summed E-state index contributed by atoms with van der Waals surface area (Å²) >= 11 is 0. The van der Waals surface area contributed by atoms with Gasteiger partial charge < -0.3 is 10.2 Å². The highest BCUT2D eigenvalue weighted by atomic mass is 16.2. The predicted octanol–water partition coefficient (Wildman–Crippen LogP) is 4.35. The van der Waals surface area contributed by atoms with Gasteiger partial charge in [-0.25, -0.2) is 0 Å². The van der Waals surface area contributed by atoms with Gasteiger partial charge in [0, 0.05) is 29.9 Å². The number of nitrogens with one attached hydrogen (secondary N) is 1. The van der Waals surface area contributed by atoms with Crippen LogP contribution >= 0.6 is 0 Å². The lowest BCUT2D eigenvalue weighted by Gasteiger charge is -2.16. The highest BCUT2D eigenvalue weighted by Crippen LogP contribution is 2.18. The second kappa shape index (κ2) is 8.48. The molecule has 2 aromatic carbocycles. The third-order valence-corrected chi connectivity index (χ3v) is 4.57. The van der Waals surface area contributed by atoms with E-state index >= 15 is 0 Å². The molecule has 0 aromatic heterocycles.